The lowest BCUT2D eigenvalue weighted by Gasteiger charge is -2.22. The largest absolute Gasteiger partial charge is 0.507 e. The fraction of sp³-hybridized carbons (Fsp3) is 0.400. The van der Waals surface area contributed by atoms with Crippen LogP contribution in [0.5, 0.6) is 5.75 Å². The predicted octanol–water partition coefficient (Wildman–Crippen LogP) is 3.28. The molecule has 0 aromatic heterocycles. The van der Waals surface area contributed by atoms with Crippen molar-refractivity contribution in [1.29, 1.82) is 0 Å². The number of esters is 1. The molecule has 1 aliphatic carbocycles. The van der Waals surface area contributed by atoms with Crippen LogP contribution in [-0.4, -0.2) is 16.7 Å². The maximum Gasteiger partial charge on any atom is 0.331 e. The number of hydrogen-bond donors (Lipinski definition) is 1. The van der Waals surface area contributed by atoms with E-state index in [1.807, 2.05) is 13.0 Å². The average Bonchev–Trinajstić information content (AvgIpc) is 2.74. The second-order valence-electron chi connectivity index (χ2n) is 4.97. The van der Waals surface area contributed by atoms with Crippen molar-refractivity contribution in [3.05, 3.63) is 35.9 Å². The number of aromatic hydroxyl groups is 1. The van der Waals surface area contributed by atoms with Gasteiger partial charge >= 0.3 is 5.97 Å². The van der Waals surface area contributed by atoms with E-state index in [1.54, 1.807) is 24.3 Å². The van der Waals surface area contributed by atoms with E-state index in [1.165, 1.54) is 6.08 Å². The minimum Gasteiger partial charge on any atom is -0.507 e. The van der Waals surface area contributed by atoms with E-state index in [0.717, 1.165) is 25.7 Å². The molecule has 0 saturated heterocycles. The highest BCUT2D eigenvalue weighted by Gasteiger charge is 2.31. The van der Waals surface area contributed by atoms with E-state index >= 15 is 0 Å². The number of benzene rings is 1. The smallest absolute Gasteiger partial charge is 0.331 e. The van der Waals surface area contributed by atoms with Gasteiger partial charge in [0, 0.05) is 11.6 Å². The fourth-order valence-corrected chi connectivity index (χ4v) is 2.29. The molecule has 0 radical (unpaired) electrons. The summed E-state index contributed by atoms with van der Waals surface area (Å²) >= 11 is 0. The van der Waals surface area contributed by atoms with Gasteiger partial charge in [0.1, 0.15) is 11.4 Å². The first kappa shape index (κ1) is 12.7. The van der Waals surface area contributed by atoms with Crippen molar-refractivity contribution in [2.75, 3.05) is 0 Å². The molecule has 1 aromatic rings. The number of phenolic OH excluding ortho intramolecular Hbond substituents is 1. The van der Waals surface area contributed by atoms with Crippen LogP contribution in [0.1, 0.15) is 38.2 Å². The predicted molar refractivity (Wildman–Crippen MR) is 70.1 cm³/mol. The molecule has 0 heterocycles. The van der Waals surface area contributed by atoms with Crippen molar-refractivity contribution in [1.82, 2.24) is 0 Å². The molecule has 3 heteroatoms. The highest BCUT2D eigenvalue weighted by atomic mass is 16.6. The van der Waals surface area contributed by atoms with E-state index in [0.29, 0.717) is 5.56 Å². The highest BCUT2D eigenvalue weighted by molar-refractivity contribution is 5.87. The minimum absolute atomic E-state index is 0.161. The summed E-state index contributed by atoms with van der Waals surface area (Å²) in [7, 11) is 0. The van der Waals surface area contributed by atoms with Crippen LogP contribution in [0.2, 0.25) is 0 Å². The quantitative estimate of drug-likeness (QED) is 0.657. The number of phenols is 1. The molecule has 1 aromatic carbocycles. The van der Waals surface area contributed by atoms with E-state index in [9.17, 15) is 9.90 Å². The number of carbonyl (C=O) groups is 1. The maximum atomic E-state index is 11.7. The second kappa shape index (κ2) is 5.25. The molecule has 3 nitrogen and oxygen atoms in total. The lowest BCUT2D eigenvalue weighted by atomic mass is 10.1. The van der Waals surface area contributed by atoms with Gasteiger partial charge in [-0.1, -0.05) is 18.2 Å². The van der Waals surface area contributed by atoms with Gasteiger partial charge in [0.05, 0.1) is 0 Å². The molecule has 0 atom stereocenters. The third-order valence-electron chi connectivity index (χ3n) is 3.34. The summed E-state index contributed by atoms with van der Waals surface area (Å²) in [5, 5.41) is 9.55. The first-order chi connectivity index (χ1) is 8.59. The van der Waals surface area contributed by atoms with Gasteiger partial charge in [-0.3, -0.25) is 0 Å². The summed E-state index contributed by atoms with van der Waals surface area (Å²) in [4.78, 5) is 11.7. The Balaban J connectivity index is 1.97. The molecule has 1 fully saturated rings. The normalized spacial score (nSPS) is 18.1. The second-order valence-corrected chi connectivity index (χ2v) is 4.97. The summed E-state index contributed by atoms with van der Waals surface area (Å²) in [5.41, 5.74) is 0.311. The molecule has 0 spiro atoms. The van der Waals surface area contributed by atoms with Gasteiger partial charge in [0.15, 0.2) is 0 Å². The van der Waals surface area contributed by atoms with Crippen LogP contribution >= 0.6 is 0 Å². The van der Waals surface area contributed by atoms with Gasteiger partial charge in [-0.2, -0.15) is 0 Å². The molecule has 0 unspecified atom stereocenters. The zero-order chi connectivity index (χ0) is 13.0. The van der Waals surface area contributed by atoms with Gasteiger partial charge in [-0.05, 0) is 44.7 Å². The zero-order valence-corrected chi connectivity index (χ0v) is 10.6. The summed E-state index contributed by atoms with van der Waals surface area (Å²) < 4.78 is 5.45. The van der Waals surface area contributed by atoms with Gasteiger partial charge in [-0.15, -0.1) is 0 Å². The summed E-state index contributed by atoms with van der Waals surface area (Å²) in [6.07, 6.45) is 7.06. The Morgan fingerprint density at radius 3 is 2.67 bits per heavy atom. The van der Waals surface area contributed by atoms with Gasteiger partial charge in [0.25, 0.3) is 0 Å². The van der Waals surface area contributed by atoms with Crippen molar-refractivity contribution in [3.8, 4) is 5.75 Å². The van der Waals surface area contributed by atoms with Crippen molar-refractivity contribution in [2.45, 2.75) is 38.2 Å². The number of para-hydroxylation sites is 1. The van der Waals surface area contributed by atoms with Crippen LogP contribution in [0.15, 0.2) is 30.3 Å². The Hall–Kier alpha value is -1.77. The molecular weight excluding hydrogens is 228 g/mol. The topological polar surface area (TPSA) is 46.5 Å². The zero-order valence-electron chi connectivity index (χ0n) is 10.6. The molecule has 0 bridgehead atoms. The van der Waals surface area contributed by atoms with E-state index in [2.05, 4.69) is 0 Å². The molecule has 1 aliphatic rings. The van der Waals surface area contributed by atoms with Crippen LogP contribution in [-0.2, 0) is 9.53 Å². The third kappa shape index (κ3) is 3.13. The number of carbonyl (C=O) groups excluding carboxylic acids is 1. The van der Waals surface area contributed by atoms with Gasteiger partial charge in [0.2, 0.25) is 0 Å². The Bertz CT molecular complexity index is 457. The lowest BCUT2D eigenvalue weighted by molar-refractivity contribution is -0.151. The van der Waals surface area contributed by atoms with Crippen LogP contribution in [0.3, 0.4) is 0 Å². The molecule has 18 heavy (non-hydrogen) atoms. The summed E-state index contributed by atoms with van der Waals surface area (Å²) in [5.74, 6) is -0.184. The monoisotopic (exact) mass is 246 g/mol. The Morgan fingerprint density at radius 2 is 2.00 bits per heavy atom. The first-order valence-corrected chi connectivity index (χ1v) is 6.28. The number of hydrogen-bond acceptors (Lipinski definition) is 3. The van der Waals surface area contributed by atoms with Crippen molar-refractivity contribution >= 4 is 12.0 Å². The SMILES string of the molecule is CC1(OC(=O)/C=C/c2ccccc2O)CCCC1. The third-order valence-corrected chi connectivity index (χ3v) is 3.34. The number of ether oxygens (including phenoxy) is 1. The van der Waals surface area contributed by atoms with Crippen LogP contribution in [0.25, 0.3) is 6.08 Å². The van der Waals surface area contributed by atoms with Crippen molar-refractivity contribution < 1.29 is 14.6 Å². The fourth-order valence-electron chi connectivity index (χ4n) is 2.29. The van der Waals surface area contributed by atoms with E-state index < -0.39 is 0 Å². The first-order valence-electron chi connectivity index (χ1n) is 6.28. The van der Waals surface area contributed by atoms with E-state index in [-0.39, 0.29) is 17.3 Å². The van der Waals surface area contributed by atoms with Crippen molar-refractivity contribution in [2.24, 2.45) is 0 Å². The van der Waals surface area contributed by atoms with E-state index in [4.69, 9.17) is 4.74 Å². The van der Waals surface area contributed by atoms with Crippen LogP contribution < -0.4 is 0 Å². The number of rotatable bonds is 3. The molecule has 1 N–H and O–H groups in total. The molecule has 0 amide bonds. The van der Waals surface area contributed by atoms with Crippen LogP contribution in [0, 0.1) is 0 Å². The molecular formula is C15H18O3. The maximum absolute atomic E-state index is 11.7. The van der Waals surface area contributed by atoms with Gasteiger partial charge < -0.3 is 9.84 Å². The Labute approximate surface area is 107 Å². The standard InChI is InChI=1S/C15H18O3/c1-15(10-4-5-11-15)18-14(17)9-8-12-6-2-3-7-13(12)16/h2-3,6-9,16H,4-5,10-11H2,1H3/b9-8+. The van der Waals surface area contributed by atoms with Crippen LogP contribution in [0.4, 0.5) is 0 Å². The summed E-state index contributed by atoms with van der Waals surface area (Å²) in [6.45, 7) is 1.98. The Kier molecular flexibility index (Phi) is 3.70. The average molecular weight is 246 g/mol. The highest BCUT2D eigenvalue weighted by Crippen LogP contribution is 2.32. The summed E-state index contributed by atoms with van der Waals surface area (Å²) in [6, 6.07) is 6.88. The molecule has 0 aliphatic heterocycles. The molecule has 1 saturated carbocycles. The molecule has 96 valence electrons. The Morgan fingerprint density at radius 1 is 1.33 bits per heavy atom. The molecule has 2 rings (SSSR count). The minimum atomic E-state index is -0.345. The van der Waals surface area contributed by atoms with Gasteiger partial charge in [-0.25, -0.2) is 4.79 Å². The van der Waals surface area contributed by atoms with Crippen molar-refractivity contribution in [3.63, 3.8) is 0 Å². The lowest BCUT2D eigenvalue weighted by Crippen LogP contribution is -2.27.